The first-order chi connectivity index (χ1) is 13.5. The molecular formula is C22H27N3O2S. The first-order valence-corrected chi connectivity index (χ1v) is 10.7. The summed E-state index contributed by atoms with van der Waals surface area (Å²) in [4.78, 5) is 30.1. The summed E-state index contributed by atoms with van der Waals surface area (Å²) in [6.07, 6.45) is 2.28. The van der Waals surface area contributed by atoms with Crippen molar-refractivity contribution in [1.29, 1.82) is 0 Å². The molecule has 5 nitrogen and oxygen atoms in total. The van der Waals surface area contributed by atoms with Gasteiger partial charge in [-0.1, -0.05) is 30.3 Å². The van der Waals surface area contributed by atoms with Gasteiger partial charge in [-0.25, -0.2) is 0 Å². The normalized spacial score (nSPS) is 17.8. The van der Waals surface area contributed by atoms with Gasteiger partial charge in [0.1, 0.15) is 0 Å². The number of hydrogen-bond acceptors (Lipinski definition) is 4. The van der Waals surface area contributed by atoms with Crippen molar-refractivity contribution in [3.05, 3.63) is 60.2 Å². The van der Waals surface area contributed by atoms with E-state index in [1.807, 2.05) is 62.8 Å². The maximum atomic E-state index is 12.7. The fraction of sp³-hybridized carbons (Fsp3) is 0.364. The quantitative estimate of drug-likeness (QED) is 0.729. The molecule has 6 heteroatoms. The highest BCUT2D eigenvalue weighted by atomic mass is 32.2. The number of anilines is 1. The van der Waals surface area contributed by atoms with Crippen LogP contribution in [-0.4, -0.2) is 50.2 Å². The molecule has 0 aliphatic carbocycles. The minimum atomic E-state index is -0.314. The van der Waals surface area contributed by atoms with Crippen LogP contribution < -0.4 is 10.2 Å². The highest BCUT2D eigenvalue weighted by molar-refractivity contribution is 7.98. The zero-order valence-electron chi connectivity index (χ0n) is 16.6. The molecule has 2 aromatic carbocycles. The number of likely N-dealkylation sites (N-methyl/N-ethyl adjacent to an activating group) is 1. The van der Waals surface area contributed by atoms with Crippen LogP contribution in [0.4, 0.5) is 5.69 Å². The Bertz CT molecular complexity index is 808. The maximum Gasteiger partial charge on any atom is 0.227 e. The third-order valence-electron chi connectivity index (χ3n) is 5.16. The number of benzene rings is 2. The fourth-order valence-electron chi connectivity index (χ4n) is 3.51. The smallest absolute Gasteiger partial charge is 0.227 e. The van der Waals surface area contributed by atoms with Gasteiger partial charge in [-0.15, -0.1) is 11.8 Å². The number of thioether (sulfide) groups is 1. The minimum Gasteiger partial charge on any atom is -0.354 e. The van der Waals surface area contributed by atoms with Gasteiger partial charge in [0.25, 0.3) is 0 Å². The van der Waals surface area contributed by atoms with Crippen LogP contribution in [0.5, 0.6) is 0 Å². The molecule has 0 aromatic heterocycles. The summed E-state index contributed by atoms with van der Waals surface area (Å²) in [5.41, 5.74) is 2.01. The number of nitrogens with zero attached hydrogens (tertiary/aromatic N) is 2. The summed E-state index contributed by atoms with van der Waals surface area (Å²) in [6.45, 7) is 0.949. The van der Waals surface area contributed by atoms with Crippen LogP contribution in [-0.2, 0) is 9.59 Å². The molecule has 148 valence electrons. The standard InChI is InChI=1S/C22H27N3O2S/c1-24(2)20(16-7-5-4-6-8-16)14-23-22(27)17-13-21(26)25(15-17)18-9-11-19(28-3)12-10-18/h4-12,17,20H,13-15H2,1-3H3,(H,23,27). The van der Waals surface area contributed by atoms with E-state index >= 15 is 0 Å². The van der Waals surface area contributed by atoms with E-state index in [9.17, 15) is 9.59 Å². The Morgan fingerprint density at radius 1 is 1.18 bits per heavy atom. The first kappa shape index (κ1) is 20.4. The van der Waals surface area contributed by atoms with Crippen molar-refractivity contribution in [1.82, 2.24) is 10.2 Å². The average molecular weight is 398 g/mol. The number of rotatable bonds is 7. The Kier molecular flexibility index (Phi) is 6.75. The van der Waals surface area contributed by atoms with E-state index in [2.05, 4.69) is 22.3 Å². The maximum absolute atomic E-state index is 12.7. The molecule has 1 fully saturated rings. The van der Waals surface area contributed by atoms with Crippen molar-refractivity contribution in [2.45, 2.75) is 17.4 Å². The van der Waals surface area contributed by atoms with Crippen molar-refractivity contribution >= 4 is 29.3 Å². The molecule has 2 aromatic rings. The fourth-order valence-corrected chi connectivity index (χ4v) is 3.92. The lowest BCUT2D eigenvalue weighted by molar-refractivity contribution is -0.126. The molecule has 1 aliphatic rings. The van der Waals surface area contributed by atoms with Crippen molar-refractivity contribution in [2.75, 3.05) is 38.3 Å². The molecular weight excluding hydrogens is 370 g/mol. The molecule has 0 saturated carbocycles. The summed E-state index contributed by atoms with van der Waals surface area (Å²) < 4.78 is 0. The van der Waals surface area contributed by atoms with E-state index < -0.39 is 0 Å². The molecule has 3 rings (SSSR count). The van der Waals surface area contributed by atoms with Crippen LogP contribution in [0.15, 0.2) is 59.5 Å². The lowest BCUT2D eigenvalue weighted by Crippen LogP contribution is -2.38. The number of amides is 2. The third-order valence-corrected chi connectivity index (χ3v) is 5.90. The van der Waals surface area contributed by atoms with E-state index in [1.54, 1.807) is 16.7 Å². The zero-order valence-corrected chi connectivity index (χ0v) is 17.4. The Morgan fingerprint density at radius 3 is 2.46 bits per heavy atom. The molecule has 2 atom stereocenters. The van der Waals surface area contributed by atoms with Gasteiger partial charge in [0.2, 0.25) is 11.8 Å². The first-order valence-electron chi connectivity index (χ1n) is 9.43. The summed E-state index contributed by atoms with van der Waals surface area (Å²) in [7, 11) is 4.01. The molecule has 0 radical (unpaired) electrons. The molecule has 0 spiro atoms. The topological polar surface area (TPSA) is 52.7 Å². The Hall–Kier alpha value is -2.31. The van der Waals surface area contributed by atoms with Gasteiger partial charge in [0, 0.05) is 30.1 Å². The highest BCUT2D eigenvalue weighted by Crippen LogP contribution is 2.27. The van der Waals surface area contributed by atoms with Gasteiger partial charge in [0.05, 0.1) is 12.0 Å². The summed E-state index contributed by atoms with van der Waals surface area (Å²) in [5, 5.41) is 3.05. The molecule has 1 heterocycles. The summed E-state index contributed by atoms with van der Waals surface area (Å²) in [6, 6.07) is 18.1. The summed E-state index contributed by atoms with van der Waals surface area (Å²) >= 11 is 1.66. The molecule has 0 bridgehead atoms. The predicted molar refractivity (Wildman–Crippen MR) is 115 cm³/mol. The lowest BCUT2D eigenvalue weighted by Gasteiger charge is -2.25. The molecule has 2 amide bonds. The van der Waals surface area contributed by atoms with Gasteiger partial charge < -0.3 is 15.1 Å². The summed E-state index contributed by atoms with van der Waals surface area (Å²) in [5.74, 6) is -0.366. The average Bonchev–Trinajstić information content (AvgIpc) is 3.10. The van der Waals surface area contributed by atoms with E-state index in [0.717, 1.165) is 16.1 Å². The van der Waals surface area contributed by atoms with Gasteiger partial charge in [-0.3, -0.25) is 9.59 Å². The molecule has 1 aliphatic heterocycles. The van der Waals surface area contributed by atoms with Crippen molar-refractivity contribution in [3.8, 4) is 0 Å². The molecule has 1 saturated heterocycles. The van der Waals surface area contributed by atoms with Crippen LogP contribution in [0, 0.1) is 5.92 Å². The molecule has 1 N–H and O–H groups in total. The predicted octanol–water partition coefficient (Wildman–Crippen LogP) is 3.18. The molecule has 28 heavy (non-hydrogen) atoms. The van der Waals surface area contributed by atoms with Crippen molar-refractivity contribution < 1.29 is 9.59 Å². The highest BCUT2D eigenvalue weighted by Gasteiger charge is 2.35. The van der Waals surface area contributed by atoms with Crippen molar-refractivity contribution in [3.63, 3.8) is 0 Å². The van der Waals surface area contributed by atoms with Crippen LogP contribution in [0.3, 0.4) is 0 Å². The van der Waals surface area contributed by atoms with Gasteiger partial charge in [-0.05, 0) is 50.2 Å². The number of hydrogen-bond donors (Lipinski definition) is 1. The van der Waals surface area contributed by atoms with E-state index in [4.69, 9.17) is 0 Å². The van der Waals surface area contributed by atoms with Crippen molar-refractivity contribution in [2.24, 2.45) is 5.92 Å². The molecule has 2 unspecified atom stereocenters. The van der Waals surface area contributed by atoms with Crippen LogP contribution in [0.25, 0.3) is 0 Å². The van der Waals surface area contributed by atoms with E-state index in [-0.39, 0.29) is 30.2 Å². The number of carbonyl (C=O) groups is 2. The van der Waals surface area contributed by atoms with Crippen LogP contribution >= 0.6 is 11.8 Å². The second-order valence-corrected chi connectivity index (χ2v) is 8.12. The van der Waals surface area contributed by atoms with E-state index in [1.165, 1.54) is 0 Å². The Balaban J connectivity index is 1.61. The van der Waals surface area contributed by atoms with Crippen LogP contribution in [0.2, 0.25) is 0 Å². The number of carbonyl (C=O) groups excluding carboxylic acids is 2. The lowest BCUT2D eigenvalue weighted by atomic mass is 10.0. The Morgan fingerprint density at radius 2 is 1.86 bits per heavy atom. The van der Waals surface area contributed by atoms with Gasteiger partial charge in [0.15, 0.2) is 0 Å². The minimum absolute atomic E-state index is 0.00395. The van der Waals surface area contributed by atoms with Crippen LogP contribution in [0.1, 0.15) is 18.0 Å². The largest absolute Gasteiger partial charge is 0.354 e. The van der Waals surface area contributed by atoms with Gasteiger partial charge >= 0.3 is 0 Å². The monoisotopic (exact) mass is 397 g/mol. The SMILES string of the molecule is CSc1ccc(N2CC(C(=O)NCC(c3ccccc3)N(C)C)CC2=O)cc1. The van der Waals surface area contributed by atoms with Gasteiger partial charge in [-0.2, -0.15) is 0 Å². The number of nitrogens with one attached hydrogen (secondary N) is 1. The van der Waals surface area contributed by atoms with E-state index in [0.29, 0.717) is 13.1 Å². The third kappa shape index (κ3) is 4.75. The second kappa shape index (κ2) is 9.26. The zero-order chi connectivity index (χ0) is 20.1. The second-order valence-electron chi connectivity index (χ2n) is 7.24. The Labute approximate surface area is 171 Å².